The van der Waals surface area contributed by atoms with E-state index < -0.39 is 6.17 Å². The van der Waals surface area contributed by atoms with E-state index in [9.17, 15) is 4.39 Å². The van der Waals surface area contributed by atoms with Crippen molar-refractivity contribution in [3.63, 3.8) is 0 Å². The van der Waals surface area contributed by atoms with Crippen LogP contribution in [-0.4, -0.2) is 29.2 Å². The van der Waals surface area contributed by atoms with Crippen LogP contribution in [0, 0.1) is 11.8 Å². The molecule has 0 radical (unpaired) electrons. The van der Waals surface area contributed by atoms with Gasteiger partial charge in [0.2, 0.25) is 0 Å². The Morgan fingerprint density at radius 2 is 2.14 bits per heavy atom. The Balaban J connectivity index is 1.99. The van der Waals surface area contributed by atoms with Crippen LogP contribution in [0.4, 0.5) is 4.39 Å². The van der Waals surface area contributed by atoms with Gasteiger partial charge >= 0.3 is 0 Å². The number of piperidine rings is 1. The van der Waals surface area contributed by atoms with Crippen molar-refractivity contribution in [1.82, 2.24) is 4.90 Å². The van der Waals surface area contributed by atoms with Gasteiger partial charge in [0.15, 0.2) is 0 Å². The van der Waals surface area contributed by atoms with Crippen LogP contribution in [0.1, 0.15) is 39.5 Å². The lowest BCUT2D eigenvalue weighted by molar-refractivity contribution is 0.0398. The second-order valence-electron chi connectivity index (χ2n) is 5.76. The summed E-state index contributed by atoms with van der Waals surface area (Å²) < 4.78 is 13.6. The first-order chi connectivity index (χ1) is 6.64. The predicted molar refractivity (Wildman–Crippen MR) is 54.9 cm³/mol. The maximum Gasteiger partial charge on any atom is 0.115 e. The average molecular weight is 197 g/mol. The van der Waals surface area contributed by atoms with Crippen molar-refractivity contribution in [3.05, 3.63) is 0 Å². The standard InChI is InChI=1S/C12H20FN/c1-8(2)12-6-10(13)7-14(12)11-4-3-9(12)5-11/h8-11H,3-7H2,1-2H3. The van der Waals surface area contributed by atoms with Gasteiger partial charge in [-0.2, -0.15) is 0 Å². The van der Waals surface area contributed by atoms with Gasteiger partial charge in [0.05, 0.1) is 0 Å². The molecule has 0 aromatic carbocycles. The molecule has 2 saturated heterocycles. The lowest BCUT2D eigenvalue weighted by Gasteiger charge is -2.45. The molecule has 2 heteroatoms. The first-order valence-corrected chi connectivity index (χ1v) is 6.05. The minimum Gasteiger partial charge on any atom is -0.291 e. The number of alkyl halides is 1. The van der Waals surface area contributed by atoms with Crippen molar-refractivity contribution in [2.45, 2.75) is 57.3 Å². The SMILES string of the molecule is CC(C)C12CC(F)CN1C1CCC2C1. The molecule has 2 bridgehead atoms. The van der Waals surface area contributed by atoms with Crippen LogP contribution >= 0.6 is 0 Å². The van der Waals surface area contributed by atoms with Gasteiger partial charge in [-0.1, -0.05) is 13.8 Å². The number of hydrogen-bond acceptors (Lipinski definition) is 1. The Bertz CT molecular complexity index is 253. The van der Waals surface area contributed by atoms with Gasteiger partial charge in [0.25, 0.3) is 0 Å². The van der Waals surface area contributed by atoms with Gasteiger partial charge < -0.3 is 0 Å². The van der Waals surface area contributed by atoms with Gasteiger partial charge in [-0.05, 0) is 37.5 Å². The van der Waals surface area contributed by atoms with Crippen molar-refractivity contribution in [2.75, 3.05) is 6.54 Å². The van der Waals surface area contributed by atoms with Crippen LogP contribution in [0.25, 0.3) is 0 Å². The molecule has 14 heavy (non-hydrogen) atoms. The zero-order valence-corrected chi connectivity index (χ0v) is 9.17. The number of nitrogens with zero attached hydrogens (tertiary/aromatic N) is 1. The molecular weight excluding hydrogens is 177 g/mol. The number of halogens is 1. The monoisotopic (exact) mass is 197 g/mol. The third kappa shape index (κ3) is 0.886. The molecule has 3 fully saturated rings. The number of rotatable bonds is 1. The zero-order valence-electron chi connectivity index (χ0n) is 9.17. The van der Waals surface area contributed by atoms with Crippen LogP contribution in [0.5, 0.6) is 0 Å². The highest BCUT2D eigenvalue weighted by molar-refractivity contribution is 5.15. The quantitative estimate of drug-likeness (QED) is 0.624. The van der Waals surface area contributed by atoms with Gasteiger partial charge in [-0.15, -0.1) is 0 Å². The zero-order chi connectivity index (χ0) is 9.92. The minimum absolute atomic E-state index is 0.252. The van der Waals surface area contributed by atoms with E-state index in [2.05, 4.69) is 18.7 Å². The van der Waals surface area contributed by atoms with E-state index in [0.29, 0.717) is 5.92 Å². The van der Waals surface area contributed by atoms with E-state index in [1.165, 1.54) is 19.3 Å². The van der Waals surface area contributed by atoms with Gasteiger partial charge in [0.1, 0.15) is 6.17 Å². The first-order valence-electron chi connectivity index (χ1n) is 6.05. The molecule has 0 spiro atoms. The maximum atomic E-state index is 13.6. The Labute approximate surface area is 85.7 Å². The molecule has 3 rings (SSSR count). The van der Waals surface area contributed by atoms with Crippen LogP contribution in [0.2, 0.25) is 0 Å². The lowest BCUT2D eigenvalue weighted by Crippen LogP contribution is -2.52. The van der Waals surface area contributed by atoms with Gasteiger partial charge in [0, 0.05) is 18.1 Å². The van der Waals surface area contributed by atoms with Crippen LogP contribution < -0.4 is 0 Å². The summed E-state index contributed by atoms with van der Waals surface area (Å²) in [7, 11) is 0. The summed E-state index contributed by atoms with van der Waals surface area (Å²) in [6.45, 7) is 5.29. The largest absolute Gasteiger partial charge is 0.291 e. The van der Waals surface area contributed by atoms with Crippen molar-refractivity contribution in [3.8, 4) is 0 Å². The molecule has 1 saturated carbocycles. The van der Waals surface area contributed by atoms with Crippen molar-refractivity contribution in [1.29, 1.82) is 0 Å². The Morgan fingerprint density at radius 3 is 2.79 bits per heavy atom. The summed E-state index contributed by atoms with van der Waals surface area (Å²) in [6.07, 6.45) is 4.29. The molecule has 1 nitrogen and oxygen atoms in total. The van der Waals surface area contributed by atoms with E-state index in [0.717, 1.165) is 24.9 Å². The third-order valence-electron chi connectivity index (χ3n) is 5.03. The molecule has 2 aliphatic heterocycles. The van der Waals surface area contributed by atoms with Crippen LogP contribution in [-0.2, 0) is 0 Å². The smallest absolute Gasteiger partial charge is 0.115 e. The summed E-state index contributed by atoms with van der Waals surface area (Å²) in [6, 6.07) is 0.725. The van der Waals surface area contributed by atoms with E-state index in [-0.39, 0.29) is 5.54 Å². The highest BCUT2D eigenvalue weighted by Gasteiger charge is 2.61. The molecule has 1 aliphatic carbocycles. The van der Waals surface area contributed by atoms with E-state index in [4.69, 9.17) is 0 Å². The van der Waals surface area contributed by atoms with Gasteiger partial charge in [-0.25, -0.2) is 4.39 Å². The molecule has 80 valence electrons. The molecule has 0 N–H and O–H groups in total. The topological polar surface area (TPSA) is 3.24 Å². The fourth-order valence-corrected chi connectivity index (χ4v) is 4.54. The molecule has 0 aromatic heterocycles. The fourth-order valence-electron chi connectivity index (χ4n) is 4.54. The van der Waals surface area contributed by atoms with Crippen LogP contribution in [0.3, 0.4) is 0 Å². The fraction of sp³-hybridized carbons (Fsp3) is 1.00. The molecule has 0 aromatic rings. The Hall–Kier alpha value is -0.110. The summed E-state index contributed by atoms with van der Waals surface area (Å²) in [4.78, 5) is 2.52. The molecule has 4 unspecified atom stereocenters. The average Bonchev–Trinajstić information content (AvgIpc) is 2.71. The lowest BCUT2D eigenvalue weighted by atomic mass is 9.73. The normalized spacial score (nSPS) is 51.9. The summed E-state index contributed by atoms with van der Waals surface area (Å²) in [5.41, 5.74) is 0.252. The third-order valence-corrected chi connectivity index (χ3v) is 5.03. The Kier molecular flexibility index (Phi) is 1.77. The number of fused-ring (bicyclic) bond motifs is 5. The molecule has 3 aliphatic rings. The number of hydrogen-bond donors (Lipinski definition) is 0. The second-order valence-corrected chi connectivity index (χ2v) is 5.76. The molecule has 0 amide bonds. The summed E-state index contributed by atoms with van der Waals surface area (Å²) >= 11 is 0. The van der Waals surface area contributed by atoms with Crippen molar-refractivity contribution in [2.24, 2.45) is 11.8 Å². The Morgan fingerprint density at radius 1 is 1.36 bits per heavy atom. The molecular formula is C12H20FN. The summed E-state index contributed by atoms with van der Waals surface area (Å²) in [5, 5.41) is 0. The molecule has 2 heterocycles. The minimum atomic E-state index is -0.555. The highest BCUT2D eigenvalue weighted by atomic mass is 19.1. The second kappa shape index (κ2) is 2.72. The van der Waals surface area contributed by atoms with E-state index in [1.54, 1.807) is 0 Å². The van der Waals surface area contributed by atoms with Crippen molar-refractivity contribution >= 4 is 0 Å². The molecule has 4 atom stereocenters. The van der Waals surface area contributed by atoms with Crippen LogP contribution in [0.15, 0.2) is 0 Å². The first kappa shape index (κ1) is 9.14. The summed E-state index contributed by atoms with van der Waals surface area (Å²) in [5.74, 6) is 1.42. The van der Waals surface area contributed by atoms with Crippen molar-refractivity contribution < 1.29 is 4.39 Å². The van der Waals surface area contributed by atoms with E-state index >= 15 is 0 Å². The predicted octanol–water partition coefficient (Wildman–Crippen LogP) is 2.61. The highest BCUT2D eigenvalue weighted by Crippen LogP contribution is 2.57. The van der Waals surface area contributed by atoms with E-state index in [1.807, 2.05) is 0 Å². The van der Waals surface area contributed by atoms with Gasteiger partial charge in [-0.3, -0.25) is 4.90 Å². The maximum absolute atomic E-state index is 13.6.